The summed E-state index contributed by atoms with van der Waals surface area (Å²) in [7, 11) is 1.54. The molecule has 260 valence electrons. The van der Waals surface area contributed by atoms with Crippen LogP contribution in [0.15, 0.2) is 42.7 Å². The van der Waals surface area contributed by atoms with Crippen LogP contribution >= 0.6 is 0 Å². The fraction of sp³-hybridized carbons (Fsp3) is 0.645. The predicted molar refractivity (Wildman–Crippen MR) is 154 cm³/mol. The second-order valence-electron chi connectivity index (χ2n) is 12.2. The number of fused-ring (bicyclic) bond motifs is 3. The van der Waals surface area contributed by atoms with E-state index >= 15 is 0 Å². The lowest BCUT2D eigenvalue weighted by Gasteiger charge is -2.44. The maximum Gasteiger partial charge on any atom is 0.331 e. The van der Waals surface area contributed by atoms with Gasteiger partial charge in [-0.3, -0.25) is 0 Å². The summed E-state index contributed by atoms with van der Waals surface area (Å²) >= 11 is 0. The summed E-state index contributed by atoms with van der Waals surface area (Å²) in [6.45, 7) is 0.396. The molecule has 0 amide bonds. The quantitative estimate of drug-likeness (QED) is 0.0777. The van der Waals surface area contributed by atoms with Crippen LogP contribution in [0.2, 0.25) is 0 Å². The Bertz CT molecular complexity index is 1300. The lowest BCUT2D eigenvalue weighted by atomic mass is 9.85. The molecule has 0 aromatic heterocycles. The first kappa shape index (κ1) is 34.2. The number of epoxide rings is 1. The number of rotatable bonds is 10. The average Bonchev–Trinajstić information content (AvgIpc) is 3.75. The molecule has 0 radical (unpaired) electrons. The Balaban J connectivity index is 1.14. The predicted octanol–water partition coefficient (Wildman–Crippen LogP) is -2.47. The molecule has 1 aromatic carbocycles. The molecule has 16 heteroatoms. The van der Waals surface area contributed by atoms with Crippen molar-refractivity contribution in [2.24, 2.45) is 11.8 Å². The molecule has 0 unspecified atom stereocenters. The third kappa shape index (κ3) is 6.29. The van der Waals surface area contributed by atoms with Gasteiger partial charge in [0, 0.05) is 12.0 Å². The van der Waals surface area contributed by atoms with Crippen molar-refractivity contribution in [1.82, 2.24) is 0 Å². The molecule has 3 saturated heterocycles. The fourth-order valence-electron chi connectivity index (χ4n) is 6.77. The van der Waals surface area contributed by atoms with E-state index < -0.39 is 117 Å². The molecule has 0 bridgehead atoms. The maximum atomic E-state index is 12.7. The van der Waals surface area contributed by atoms with Gasteiger partial charge in [0.25, 0.3) is 0 Å². The molecule has 4 heterocycles. The summed E-state index contributed by atoms with van der Waals surface area (Å²) < 4.78 is 45.6. The van der Waals surface area contributed by atoms with Gasteiger partial charge in [0.15, 0.2) is 18.7 Å². The summed E-state index contributed by atoms with van der Waals surface area (Å²) in [5, 5.41) is 72.7. The summed E-state index contributed by atoms with van der Waals surface area (Å²) in [6, 6.07) is 6.91. The van der Waals surface area contributed by atoms with E-state index in [1.807, 2.05) is 0 Å². The van der Waals surface area contributed by atoms with E-state index in [1.165, 1.54) is 26.4 Å². The Hall–Kier alpha value is -2.71. The molecular weight excluding hydrogens is 628 g/mol. The molecule has 47 heavy (non-hydrogen) atoms. The van der Waals surface area contributed by atoms with E-state index in [4.69, 9.17) is 37.9 Å². The van der Waals surface area contributed by atoms with Gasteiger partial charge in [-0.25, -0.2) is 4.79 Å². The molecule has 1 aromatic rings. The van der Waals surface area contributed by atoms with Crippen LogP contribution in [0.1, 0.15) is 12.5 Å². The highest BCUT2D eigenvalue weighted by Gasteiger charge is 2.77. The van der Waals surface area contributed by atoms with Gasteiger partial charge in [-0.2, -0.15) is 0 Å². The summed E-state index contributed by atoms with van der Waals surface area (Å²) in [4.78, 5) is 12.7. The fourth-order valence-corrected chi connectivity index (χ4v) is 6.77. The molecule has 0 spiro atoms. The average molecular weight is 669 g/mol. The second kappa shape index (κ2) is 13.7. The van der Waals surface area contributed by atoms with Crippen LogP contribution in [0.4, 0.5) is 0 Å². The van der Waals surface area contributed by atoms with E-state index in [0.29, 0.717) is 11.3 Å². The Morgan fingerprint density at radius 3 is 2.30 bits per heavy atom. The van der Waals surface area contributed by atoms with Gasteiger partial charge in [0.1, 0.15) is 54.1 Å². The zero-order valence-electron chi connectivity index (χ0n) is 25.5. The van der Waals surface area contributed by atoms with Crippen LogP contribution in [-0.2, 0) is 38.0 Å². The van der Waals surface area contributed by atoms with Crippen LogP contribution in [0.25, 0.3) is 6.08 Å². The number of ether oxygens (including phenoxy) is 8. The number of methoxy groups -OCH3 is 1. The highest BCUT2D eigenvalue weighted by molar-refractivity contribution is 5.87. The van der Waals surface area contributed by atoms with Gasteiger partial charge in [0.2, 0.25) is 6.29 Å². The lowest BCUT2D eigenvalue weighted by molar-refractivity contribution is -0.347. The summed E-state index contributed by atoms with van der Waals surface area (Å²) in [5.41, 5.74) is -0.529. The molecule has 4 aliphatic heterocycles. The molecule has 16 nitrogen and oxygen atoms in total. The standard InChI is InChI=1S/C31H40O16/c1-13-20(35)26(44-18(34)8-5-14-3-6-15(40-2)7-4-14)24(39)30(42-13)45-25-16-9-10-41-28(19(16)31(12-33)27(25)47-31)46-29-23(38)22(37)21(36)17(11-32)43-29/h3-10,13,16-17,19-30,32-33,35-39H,11-12H2,1-2H3/b8-5+/t13-,16+,17+,19+,20-,21+,22-,23+,24+,25-,26+,27-,28-,29-,30-,31+/m0/s1. The van der Waals surface area contributed by atoms with Gasteiger partial charge in [0.05, 0.1) is 44.7 Å². The molecule has 6 rings (SSSR count). The van der Waals surface area contributed by atoms with Crippen molar-refractivity contribution in [3.05, 3.63) is 48.2 Å². The van der Waals surface area contributed by atoms with Gasteiger partial charge in [-0.05, 0) is 36.8 Å². The van der Waals surface area contributed by atoms with Gasteiger partial charge in [-0.1, -0.05) is 12.1 Å². The molecule has 5 aliphatic rings. The first-order chi connectivity index (χ1) is 22.5. The Kier molecular flexibility index (Phi) is 9.93. The zero-order chi connectivity index (χ0) is 33.6. The van der Waals surface area contributed by atoms with Crippen LogP contribution in [0.3, 0.4) is 0 Å². The Labute approximate surface area is 269 Å². The first-order valence-corrected chi connectivity index (χ1v) is 15.3. The van der Waals surface area contributed by atoms with Crippen LogP contribution in [0.5, 0.6) is 5.75 Å². The second-order valence-corrected chi connectivity index (χ2v) is 12.2. The molecule has 1 aliphatic carbocycles. The Morgan fingerprint density at radius 1 is 0.894 bits per heavy atom. The van der Waals surface area contributed by atoms with E-state index in [9.17, 15) is 40.5 Å². The number of carbonyl (C=O) groups is 1. The van der Waals surface area contributed by atoms with Crippen LogP contribution < -0.4 is 4.74 Å². The SMILES string of the molecule is COc1ccc(/C=C/C(=O)O[C@@H]2[C@@H](O)[C@H](C)O[C@@H](O[C@H]3[C@@H]4C=CO[C@@H](O[C@@H]5O[C@H](CO)[C@@H](O)[C@H](O)[C@H]5O)[C@@H]4[C@@]4(CO)O[C@@H]34)[C@@H]2O)cc1. The number of hydrogen-bond acceptors (Lipinski definition) is 16. The third-order valence-electron chi connectivity index (χ3n) is 9.45. The van der Waals surface area contributed by atoms with Crippen molar-refractivity contribution in [3.8, 4) is 5.75 Å². The lowest BCUT2D eigenvalue weighted by Crippen LogP contribution is -2.60. The van der Waals surface area contributed by atoms with Crippen molar-refractivity contribution < 1.29 is 78.4 Å². The molecule has 7 N–H and O–H groups in total. The van der Waals surface area contributed by atoms with Crippen molar-refractivity contribution in [1.29, 1.82) is 0 Å². The Morgan fingerprint density at radius 2 is 1.62 bits per heavy atom. The first-order valence-electron chi connectivity index (χ1n) is 15.3. The van der Waals surface area contributed by atoms with Crippen molar-refractivity contribution in [3.63, 3.8) is 0 Å². The van der Waals surface area contributed by atoms with E-state index in [-0.39, 0.29) is 0 Å². The van der Waals surface area contributed by atoms with Crippen molar-refractivity contribution in [2.75, 3.05) is 20.3 Å². The zero-order valence-corrected chi connectivity index (χ0v) is 25.5. The molecule has 4 fully saturated rings. The van der Waals surface area contributed by atoms with Gasteiger partial charge in [-0.15, -0.1) is 0 Å². The van der Waals surface area contributed by atoms with E-state index in [1.54, 1.807) is 30.3 Å². The maximum absolute atomic E-state index is 12.7. The van der Waals surface area contributed by atoms with Gasteiger partial charge >= 0.3 is 5.97 Å². The smallest absolute Gasteiger partial charge is 0.331 e. The van der Waals surface area contributed by atoms with Crippen molar-refractivity contribution in [2.45, 2.75) is 92.4 Å². The number of benzene rings is 1. The normalized spacial score (nSPS) is 45.6. The monoisotopic (exact) mass is 668 g/mol. The minimum absolute atomic E-state index is 0.478. The van der Waals surface area contributed by atoms with Crippen molar-refractivity contribution >= 4 is 12.0 Å². The minimum atomic E-state index is -1.69. The number of carbonyl (C=O) groups excluding carboxylic acids is 1. The largest absolute Gasteiger partial charge is 0.497 e. The highest BCUT2D eigenvalue weighted by atomic mass is 16.8. The van der Waals surface area contributed by atoms with E-state index in [2.05, 4.69) is 0 Å². The third-order valence-corrected chi connectivity index (χ3v) is 9.45. The molecular formula is C31H40O16. The minimum Gasteiger partial charge on any atom is -0.497 e. The molecule has 1 saturated carbocycles. The van der Waals surface area contributed by atoms with Gasteiger partial charge < -0.3 is 73.6 Å². The number of hydrogen-bond donors (Lipinski definition) is 7. The highest BCUT2D eigenvalue weighted by Crippen LogP contribution is 2.61. The van der Waals surface area contributed by atoms with Crippen LogP contribution in [-0.4, -0.2) is 148 Å². The van der Waals surface area contributed by atoms with E-state index in [0.717, 1.165) is 6.08 Å². The molecule has 16 atom stereocenters. The van der Waals surface area contributed by atoms with Crippen LogP contribution in [0, 0.1) is 11.8 Å². The topological polar surface area (TPSA) is 236 Å². The number of aliphatic hydroxyl groups excluding tert-OH is 7. The number of aliphatic hydroxyl groups is 7. The number of esters is 1. The summed E-state index contributed by atoms with van der Waals surface area (Å²) in [5.74, 6) is -1.48. The summed E-state index contributed by atoms with van der Waals surface area (Å²) in [6.07, 6.45) is -11.5.